The van der Waals surface area contributed by atoms with Gasteiger partial charge in [0.25, 0.3) is 0 Å². The van der Waals surface area contributed by atoms with Gasteiger partial charge in [-0.1, -0.05) is 45.0 Å². The number of aryl methyl sites for hydroxylation is 1. The van der Waals surface area contributed by atoms with Crippen molar-refractivity contribution in [3.63, 3.8) is 0 Å². The predicted molar refractivity (Wildman–Crippen MR) is 126 cm³/mol. The Morgan fingerprint density at radius 2 is 1.94 bits per heavy atom. The molecule has 176 valence electrons. The highest BCUT2D eigenvalue weighted by molar-refractivity contribution is 5.71. The lowest BCUT2D eigenvalue weighted by molar-refractivity contribution is -0.0361. The van der Waals surface area contributed by atoms with Gasteiger partial charge in [0.2, 0.25) is 0 Å². The van der Waals surface area contributed by atoms with Crippen molar-refractivity contribution in [1.82, 2.24) is 10.2 Å². The van der Waals surface area contributed by atoms with Crippen LogP contribution < -0.4 is 10.1 Å². The van der Waals surface area contributed by atoms with Crippen molar-refractivity contribution in [2.24, 2.45) is 11.3 Å². The van der Waals surface area contributed by atoms with Crippen molar-refractivity contribution < 1.29 is 18.7 Å². The van der Waals surface area contributed by atoms with Crippen molar-refractivity contribution in [2.75, 3.05) is 26.2 Å². The minimum absolute atomic E-state index is 0.0693. The summed E-state index contributed by atoms with van der Waals surface area (Å²) >= 11 is 0. The summed E-state index contributed by atoms with van der Waals surface area (Å²) in [5.41, 5.74) is 2.78. The van der Waals surface area contributed by atoms with Gasteiger partial charge in [-0.25, -0.2) is 9.18 Å². The number of benzene rings is 2. The van der Waals surface area contributed by atoms with Gasteiger partial charge in [0.05, 0.1) is 12.6 Å². The SMILES string of the molecule is CCc1ccc(-c2cc3c(cc2F)C(NC(=O)O[C@@H]2CN4CCC2CC4)C(C)(C)CO3)cc1. The summed E-state index contributed by atoms with van der Waals surface area (Å²) in [5.74, 6) is 0.727. The highest BCUT2D eigenvalue weighted by Gasteiger charge is 2.41. The Bertz CT molecular complexity index is 1030. The molecule has 5 nitrogen and oxygen atoms in total. The van der Waals surface area contributed by atoms with Crippen molar-refractivity contribution >= 4 is 6.09 Å². The third-order valence-corrected chi connectivity index (χ3v) is 7.58. The molecule has 1 amide bonds. The van der Waals surface area contributed by atoms with E-state index in [1.807, 2.05) is 38.1 Å². The second-order valence-corrected chi connectivity index (χ2v) is 10.4. The fourth-order valence-electron chi connectivity index (χ4n) is 5.44. The highest BCUT2D eigenvalue weighted by atomic mass is 19.1. The molecule has 3 saturated heterocycles. The number of carbonyl (C=O) groups excluding carboxylic acids is 1. The molecule has 4 aliphatic rings. The topological polar surface area (TPSA) is 50.8 Å². The van der Waals surface area contributed by atoms with E-state index >= 15 is 4.39 Å². The van der Waals surface area contributed by atoms with Gasteiger partial charge in [0.1, 0.15) is 17.7 Å². The molecule has 0 spiro atoms. The molecule has 0 aliphatic carbocycles. The van der Waals surface area contributed by atoms with Gasteiger partial charge in [0, 0.05) is 23.1 Å². The molecular formula is C27H33FN2O3. The fourth-order valence-corrected chi connectivity index (χ4v) is 5.44. The number of rotatable bonds is 4. The maximum Gasteiger partial charge on any atom is 0.407 e. The van der Waals surface area contributed by atoms with Gasteiger partial charge in [-0.2, -0.15) is 0 Å². The zero-order chi connectivity index (χ0) is 23.2. The van der Waals surface area contributed by atoms with Crippen LogP contribution in [0.2, 0.25) is 0 Å². The van der Waals surface area contributed by atoms with Crippen LogP contribution in [-0.4, -0.2) is 43.3 Å². The van der Waals surface area contributed by atoms with E-state index in [1.54, 1.807) is 6.07 Å². The van der Waals surface area contributed by atoms with Crippen LogP contribution in [0.15, 0.2) is 36.4 Å². The number of hydrogen-bond acceptors (Lipinski definition) is 4. The molecule has 2 aromatic carbocycles. The number of piperidine rings is 3. The summed E-state index contributed by atoms with van der Waals surface area (Å²) < 4.78 is 27.2. The highest BCUT2D eigenvalue weighted by Crippen LogP contribution is 2.45. The van der Waals surface area contributed by atoms with E-state index in [1.165, 1.54) is 11.6 Å². The molecule has 4 aliphatic heterocycles. The summed E-state index contributed by atoms with van der Waals surface area (Å²) in [7, 11) is 0. The molecule has 2 atom stereocenters. The van der Waals surface area contributed by atoms with Crippen molar-refractivity contribution in [3.05, 3.63) is 53.3 Å². The second kappa shape index (κ2) is 8.64. The van der Waals surface area contributed by atoms with Crippen LogP contribution in [0.3, 0.4) is 0 Å². The van der Waals surface area contributed by atoms with Crippen LogP contribution in [0.25, 0.3) is 11.1 Å². The third-order valence-electron chi connectivity index (χ3n) is 7.58. The van der Waals surface area contributed by atoms with E-state index in [2.05, 4.69) is 17.1 Å². The zero-order valence-electron chi connectivity index (χ0n) is 19.7. The first-order valence-corrected chi connectivity index (χ1v) is 12.1. The number of fused-ring (bicyclic) bond motifs is 4. The van der Waals surface area contributed by atoms with Crippen LogP contribution in [0.4, 0.5) is 9.18 Å². The lowest BCUT2D eigenvalue weighted by atomic mass is 9.78. The van der Waals surface area contributed by atoms with Crippen LogP contribution in [0, 0.1) is 17.2 Å². The average molecular weight is 453 g/mol. The lowest BCUT2D eigenvalue weighted by Crippen LogP contribution is -2.53. The number of ether oxygens (including phenoxy) is 2. The molecule has 0 radical (unpaired) electrons. The van der Waals surface area contributed by atoms with Gasteiger partial charge in [-0.15, -0.1) is 0 Å². The number of amides is 1. The molecule has 3 fully saturated rings. The minimum atomic E-state index is -0.431. The zero-order valence-corrected chi connectivity index (χ0v) is 19.7. The molecule has 2 aromatic rings. The minimum Gasteiger partial charge on any atom is -0.493 e. The average Bonchev–Trinajstić information content (AvgIpc) is 2.82. The molecule has 33 heavy (non-hydrogen) atoms. The maximum atomic E-state index is 15.3. The molecule has 6 rings (SSSR count). The van der Waals surface area contributed by atoms with E-state index in [4.69, 9.17) is 9.47 Å². The van der Waals surface area contributed by atoms with Crippen molar-refractivity contribution in [2.45, 2.75) is 52.2 Å². The third kappa shape index (κ3) is 4.33. The Hall–Kier alpha value is -2.60. The van der Waals surface area contributed by atoms with Crippen molar-refractivity contribution in [3.8, 4) is 16.9 Å². The first kappa shape index (κ1) is 22.2. The Labute approximate surface area is 195 Å². The predicted octanol–water partition coefficient (Wildman–Crippen LogP) is 5.34. The normalized spacial score (nSPS) is 27.4. The van der Waals surface area contributed by atoms with Crippen LogP contribution in [0.1, 0.15) is 50.8 Å². The smallest absolute Gasteiger partial charge is 0.407 e. The number of nitrogens with one attached hydrogen (secondary N) is 1. The molecule has 0 aromatic heterocycles. The molecule has 1 unspecified atom stereocenters. The standard InChI is InChI=1S/C27H33FN2O3/c1-4-17-5-7-18(8-6-17)20-14-23-21(13-22(20)28)25(27(2,3)16-32-23)29-26(31)33-24-15-30-11-9-19(24)10-12-30/h5-8,13-14,19,24-25H,4,9-12,15-16H2,1-3H3,(H,29,31)/t24-,25?/m1/s1. The van der Waals surface area contributed by atoms with E-state index in [9.17, 15) is 4.79 Å². The molecule has 0 saturated carbocycles. The number of alkyl carbamates (subject to hydrolysis) is 1. The summed E-state index contributed by atoms with van der Waals surface area (Å²) in [5, 5.41) is 3.05. The molecule has 1 N–H and O–H groups in total. The van der Waals surface area contributed by atoms with E-state index in [-0.39, 0.29) is 11.9 Å². The van der Waals surface area contributed by atoms with Gasteiger partial charge < -0.3 is 14.8 Å². The molecule has 2 bridgehead atoms. The maximum absolute atomic E-state index is 15.3. The lowest BCUT2D eigenvalue weighted by Gasteiger charge is -2.44. The first-order valence-electron chi connectivity index (χ1n) is 12.1. The van der Waals surface area contributed by atoms with Crippen LogP contribution >= 0.6 is 0 Å². The van der Waals surface area contributed by atoms with Crippen LogP contribution in [-0.2, 0) is 11.2 Å². The fraction of sp³-hybridized carbons (Fsp3) is 0.519. The van der Waals surface area contributed by atoms with Gasteiger partial charge in [-0.05, 0) is 61.5 Å². The monoisotopic (exact) mass is 452 g/mol. The number of halogens is 1. The summed E-state index contributed by atoms with van der Waals surface area (Å²) in [6.07, 6.45) is 2.60. The first-order chi connectivity index (χ1) is 15.8. The van der Waals surface area contributed by atoms with Gasteiger partial charge >= 0.3 is 6.09 Å². The summed E-state index contributed by atoms with van der Waals surface area (Å²) in [4.78, 5) is 15.3. The molecular weight excluding hydrogens is 419 g/mol. The number of nitrogens with zero attached hydrogens (tertiary/aromatic N) is 1. The van der Waals surface area contributed by atoms with E-state index < -0.39 is 17.6 Å². The second-order valence-electron chi connectivity index (χ2n) is 10.4. The Balaban J connectivity index is 1.38. The molecule has 6 heteroatoms. The number of carbonyl (C=O) groups is 1. The van der Waals surface area contributed by atoms with E-state index in [0.29, 0.717) is 29.4 Å². The quantitative estimate of drug-likeness (QED) is 0.681. The summed E-state index contributed by atoms with van der Waals surface area (Å²) in [6, 6.07) is 10.8. The Kier molecular flexibility index (Phi) is 5.81. The van der Waals surface area contributed by atoms with Crippen LogP contribution in [0.5, 0.6) is 5.75 Å². The van der Waals surface area contributed by atoms with Gasteiger partial charge in [-0.3, -0.25) is 4.90 Å². The Morgan fingerprint density at radius 3 is 2.58 bits per heavy atom. The Morgan fingerprint density at radius 1 is 1.21 bits per heavy atom. The van der Waals surface area contributed by atoms with Gasteiger partial charge in [0.15, 0.2) is 0 Å². The largest absolute Gasteiger partial charge is 0.493 e. The number of hydrogen-bond donors (Lipinski definition) is 1. The van der Waals surface area contributed by atoms with Crippen molar-refractivity contribution in [1.29, 1.82) is 0 Å². The van der Waals surface area contributed by atoms with E-state index in [0.717, 1.165) is 44.5 Å². The summed E-state index contributed by atoms with van der Waals surface area (Å²) in [6.45, 7) is 9.55. The molecule has 4 heterocycles.